The van der Waals surface area contributed by atoms with Crippen LogP contribution in [0.5, 0.6) is 0 Å². The summed E-state index contributed by atoms with van der Waals surface area (Å²) < 4.78 is 5.58. The molecule has 2 aliphatic rings. The van der Waals surface area contributed by atoms with Crippen LogP contribution in [0.4, 0.5) is 15.6 Å². The molecule has 39 heavy (non-hydrogen) atoms. The summed E-state index contributed by atoms with van der Waals surface area (Å²) in [5, 5.41) is 8.14. The fraction of sp³-hybridized carbons (Fsp3) is 0.200. The number of nitrogens with one attached hydrogen (secondary N) is 2. The molecule has 6 rings (SSSR count). The van der Waals surface area contributed by atoms with E-state index in [2.05, 4.69) is 15.6 Å². The van der Waals surface area contributed by atoms with E-state index in [9.17, 15) is 14.4 Å². The number of benzene rings is 3. The topological polar surface area (TPSA) is 101 Å². The zero-order chi connectivity index (χ0) is 26.8. The summed E-state index contributed by atoms with van der Waals surface area (Å²) in [6, 6.07) is 23.7. The molecule has 2 heterocycles. The third kappa shape index (κ3) is 5.53. The maximum atomic E-state index is 13.4. The number of rotatable bonds is 7. The van der Waals surface area contributed by atoms with Crippen molar-refractivity contribution in [2.24, 2.45) is 0 Å². The van der Waals surface area contributed by atoms with Crippen molar-refractivity contribution < 1.29 is 19.1 Å². The number of amides is 3. The number of aromatic nitrogens is 1. The Kier molecular flexibility index (Phi) is 6.81. The zero-order valence-electron chi connectivity index (χ0n) is 21.0. The molecule has 0 radical (unpaired) electrons. The van der Waals surface area contributed by atoms with E-state index in [0.717, 1.165) is 29.5 Å². The first-order valence-corrected chi connectivity index (χ1v) is 13.7. The molecule has 4 aromatic rings. The van der Waals surface area contributed by atoms with E-state index in [0.29, 0.717) is 34.5 Å². The van der Waals surface area contributed by atoms with Gasteiger partial charge in [-0.2, -0.15) is 0 Å². The van der Waals surface area contributed by atoms with Crippen LogP contribution < -0.4 is 15.5 Å². The van der Waals surface area contributed by atoms with E-state index in [1.54, 1.807) is 12.1 Å². The molecule has 1 aliphatic heterocycles. The molecule has 1 unspecified atom stereocenters. The minimum Gasteiger partial charge on any atom is -0.444 e. The Labute approximate surface area is 229 Å². The SMILES string of the molecule is O=C(NC1CC1)c1ccc(-c2csc(NC(=O)C3Cc4ccccc4N3C(=O)OCc3ccccc3)n2)cc1. The lowest BCUT2D eigenvalue weighted by Gasteiger charge is -2.24. The highest BCUT2D eigenvalue weighted by molar-refractivity contribution is 7.14. The van der Waals surface area contributed by atoms with Crippen LogP contribution in [0.25, 0.3) is 11.3 Å². The third-order valence-electron chi connectivity index (χ3n) is 6.77. The normalized spacial score (nSPS) is 15.9. The molecule has 1 fully saturated rings. The van der Waals surface area contributed by atoms with Crippen molar-refractivity contribution in [2.75, 3.05) is 10.2 Å². The van der Waals surface area contributed by atoms with Gasteiger partial charge < -0.3 is 15.4 Å². The Bertz CT molecular complexity index is 1520. The van der Waals surface area contributed by atoms with Crippen molar-refractivity contribution in [3.63, 3.8) is 0 Å². The molecule has 8 nitrogen and oxygen atoms in total. The van der Waals surface area contributed by atoms with Crippen LogP contribution in [0.3, 0.4) is 0 Å². The van der Waals surface area contributed by atoms with E-state index in [-0.39, 0.29) is 18.4 Å². The van der Waals surface area contributed by atoms with Gasteiger partial charge in [0.2, 0.25) is 5.91 Å². The molecule has 3 amide bonds. The summed E-state index contributed by atoms with van der Waals surface area (Å²) in [6.07, 6.45) is 1.88. The highest BCUT2D eigenvalue weighted by Gasteiger charge is 2.39. The van der Waals surface area contributed by atoms with Gasteiger partial charge in [-0.3, -0.25) is 14.5 Å². The number of fused-ring (bicyclic) bond motifs is 1. The summed E-state index contributed by atoms with van der Waals surface area (Å²) in [6.45, 7) is 0.115. The standard InChI is InChI=1S/C30H26N4O4S/c35-27(31-23-14-15-23)21-12-10-20(11-13-21)24-18-39-29(32-24)33-28(36)26-16-22-8-4-5-9-25(22)34(26)30(37)38-17-19-6-2-1-3-7-19/h1-13,18,23,26H,14-17H2,(H,31,35)(H,32,33,36). The zero-order valence-corrected chi connectivity index (χ0v) is 21.8. The van der Waals surface area contributed by atoms with Gasteiger partial charge in [0.15, 0.2) is 5.13 Å². The average Bonchev–Trinajstić information content (AvgIpc) is 3.51. The Morgan fingerprint density at radius 1 is 0.949 bits per heavy atom. The molecule has 196 valence electrons. The molecule has 0 spiro atoms. The molecule has 0 saturated heterocycles. The number of thiazole rings is 1. The largest absolute Gasteiger partial charge is 0.444 e. The van der Waals surface area contributed by atoms with Crippen molar-refractivity contribution in [1.29, 1.82) is 0 Å². The Morgan fingerprint density at radius 3 is 2.46 bits per heavy atom. The molecule has 9 heteroatoms. The maximum absolute atomic E-state index is 13.4. The van der Waals surface area contributed by atoms with E-state index in [4.69, 9.17) is 4.74 Å². The van der Waals surface area contributed by atoms with Crippen molar-refractivity contribution in [3.8, 4) is 11.3 Å². The van der Waals surface area contributed by atoms with Crippen LogP contribution in [0.2, 0.25) is 0 Å². The van der Waals surface area contributed by atoms with Crippen LogP contribution in [-0.4, -0.2) is 35.0 Å². The van der Waals surface area contributed by atoms with E-state index >= 15 is 0 Å². The van der Waals surface area contributed by atoms with Gasteiger partial charge in [-0.15, -0.1) is 11.3 Å². The van der Waals surface area contributed by atoms with Gasteiger partial charge in [0, 0.05) is 29.0 Å². The van der Waals surface area contributed by atoms with Crippen molar-refractivity contribution in [1.82, 2.24) is 10.3 Å². The summed E-state index contributed by atoms with van der Waals surface area (Å²) in [5.74, 6) is -0.407. The fourth-order valence-corrected chi connectivity index (χ4v) is 5.27. The molecule has 1 aromatic heterocycles. The fourth-order valence-electron chi connectivity index (χ4n) is 4.55. The number of carbonyl (C=O) groups excluding carboxylic acids is 3. The van der Waals surface area contributed by atoms with Crippen LogP contribution in [0.15, 0.2) is 84.2 Å². The van der Waals surface area contributed by atoms with E-state index < -0.39 is 12.1 Å². The predicted octanol–water partition coefficient (Wildman–Crippen LogP) is 5.41. The first-order valence-electron chi connectivity index (χ1n) is 12.8. The average molecular weight is 539 g/mol. The number of ether oxygens (including phenoxy) is 1. The predicted molar refractivity (Wildman–Crippen MR) is 150 cm³/mol. The second-order valence-corrected chi connectivity index (χ2v) is 10.5. The summed E-state index contributed by atoms with van der Waals surface area (Å²) >= 11 is 1.30. The van der Waals surface area contributed by atoms with Crippen LogP contribution in [0, 0.1) is 0 Å². The van der Waals surface area contributed by atoms with Crippen molar-refractivity contribution >= 4 is 40.1 Å². The molecular weight excluding hydrogens is 512 g/mol. The summed E-state index contributed by atoms with van der Waals surface area (Å²) in [5.41, 5.74) is 4.58. The van der Waals surface area contributed by atoms with Gasteiger partial charge in [-0.1, -0.05) is 60.7 Å². The summed E-state index contributed by atoms with van der Waals surface area (Å²) in [4.78, 5) is 44.8. The van der Waals surface area contributed by atoms with Gasteiger partial charge in [0.25, 0.3) is 5.91 Å². The number of para-hydroxylation sites is 1. The van der Waals surface area contributed by atoms with Crippen molar-refractivity contribution in [2.45, 2.75) is 38.0 Å². The molecule has 3 aromatic carbocycles. The molecule has 1 aliphatic carbocycles. The van der Waals surface area contributed by atoms with E-state index in [1.165, 1.54) is 16.2 Å². The van der Waals surface area contributed by atoms with Gasteiger partial charge in [0.05, 0.1) is 11.4 Å². The highest BCUT2D eigenvalue weighted by Crippen LogP contribution is 2.34. The number of carbonyl (C=O) groups is 3. The molecule has 1 saturated carbocycles. The first-order chi connectivity index (χ1) is 19.0. The monoisotopic (exact) mass is 538 g/mol. The Hall–Kier alpha value is -4.50. The van der Waals surface area contributed by atoms with Gasteiger partial charge in [0.1, 0.15) is 12.6 Å². The molecular formula is C30H26N4O4S. The lowest BCUT2D eigenvalue weighted by atomic mass is 10.1. The Balaban J connectivity index is 1.14. The molecule has 2 N–H and O–H groups in total. The van der Waals surface area contributed by atoms with E-state index in [1.807, 2.05) is 72.1 Å². The third-order valence-corrected chi connectivity index (χ3v) is 7.53. The molecule has 0 bridgehead atoms. The van der Waals surface area contributed by atoms with Gasteiger partial charge in [-0.05, 0) is 42.2 Å². The second-order valence-electron chi connectivity index (χ2n) is 9.61. The minimum atomic E-state index is -0.762. The quantitative estimate of drug-likeness (QED) is 0.328. The first kappa shape index (κ1) is 24.8. The van der Waals surface area contributed by atoms with Crippen molar-refractivity contribution in [3.05, 3.63) is 101 Å². The number of hydrogen-bond acceptors (Lipinski definition) is 6. The highest BCUT2D eigenvalue weighted by atomic mass is 32.1. The number of hydrogen-bond donors (Lipinski definition) is 2. The smallest absolute Gasteiger partial charge is 0.415 e. The van der Waals surface area contributed by atoms with Gasteiger partial charge in [-0.25, -0.2) is 9.78 Å². The molecule has 1 atom stereocenters. The summed E-state index contributed by atoms with van der Waals surface area (Å²) in [7, 11) is 0. The maximum Gasteiger partial charge on any atom is 0.415 e. The Morgan fingerprint density at radius 2 is 1.69 bits per heavy atom. The van der Waals surface area contributed by atoms with Crippen LogP contribution in [0.1, 0.15) is 34.3 Å². The lowest BCUT2D eigenvalue weighted by molar-refractivity contribution is -0.117. The lowest BCUT2D eigenvalue weighted by Crippen LogP contribution is -2.45. The van der Waals surface area contributed by atoms with Crippen LogP contribution in [-0.2, 0) is 22.6 Å². The van der Waals surface area contributed by atoms with Gasteiger partial charge >= 0.3 is 6.09 Å². The second kappa shape index (κ2) is 10.7. The van der Waals surface area contributed by atoms with Crippen LogP contribution >= 0.6 is 11.3 Å². The number of nitrogens with zero attached hydrogens (tertiary/aromatic N) is 2. The number of anilines is 2. The minimum absolute atomic E-state index is 0.0697.